The van der Waals surface area contributed by atoms with E-state index < -0.39 is 53.3 Å². The minimum atomic E-state index is -0.484. The molecule has 0 saturated carbocycles. The van der Waals surface area contributed by atoms with Crippen molar-refractivity contribution in [3.63, 3.8) is 0 Å². The van der Waals surface area contributed by atoms with Crippen molar-refractivity contribution < 1.29 is 57.3 Å². The van der Waals surface area contributed by atoms with Gasteiger partial charge < -0.3 is 67.2 Å². The summed E-state index contributed by atoms with van der Waals surface area (Å²) < 4.78 is 23.1. The van der Waals surface area contributed by atoms with Crippen LogP contribution >= 0.6 is 0 Å². The number of fused-ring (bicyclic) bond motifs is 16. The van der Waals surface area contributed by atoms with E-state index in [0.29, 0.717) is 77.4 Å². The van der Waals surface area contributed by atoms with Crippen LogP contribution in [-0.4, -0.2) is 183 Å². The second-order valence-corrected chi connectivity index (χ2v) is 21.4. The molecule has 3 unspecified atom stereocenters. The number of methoxy groups -OCH3 is 4. The SMILES string of the molecule is COc1c2cccc1C(=O)NCCN1CCNC(=O)c3cccc(c3OC)C(=O)NCCC(CCNC2=O)CCC2CCNC(=O)c3cccc(c3OC)C(=O)NCCN(CC1)CC(CCCCN)NC(=O)c1cccc(c1OC)C(=O)NCC2. The highest BCUT2D eigenvalue weighted by Crippen LogP contribution is 2.30. The van der Waals surface area contributed by atoms with Crippen LogP contribution in [0.5, 0.6) is 23.0 Å². The Bertz CT molecular complexity index is 2900. The van der Waals surface area contributed by atoms with E-state index in [9.17, 15) is 38.4 Å². The Morgan fingerprint density at radius 1 is 0.376 bits per heavy atom. The largest absolute Gasteiger partial charge is 0.495 e. The van der Waals surface area contributed by atoms with E-state index in [0.717, 1.165) is 0 Å². The molecule has 3 atom stereocenters. The fraction of sp³-hybridized carbons (Fsp3) is 0.484. The van der Waals surface area contributed by atoms with E-state index in [1.54, 1.807) is 72.8 Å². The lowest BCUT2D eigenvalue weighted by atomic mass is 9.88. The predicted octanol–water partition coefficient (Wildman–Crippen LogP) is 3.38. The quantitative estimate of drug-likeness (QED) is 0.114. The Morgan fingerprint density at radius 2 is 0.659 bits per heavy atom. The van der Waals surface area contributed by atoms with Crippen LogP contribution in [0.4, 0.5) is 0 Å². The highest BCUT2D eigenvalue weighted by atomic mass is 16.5. The van der Waals surface area contributed by atoms with Crippen molar-refractivity contribution >= 4 is 47.3 Å². The third-order valence-electron chi connectivity index (χ3n) is 15.9. The first-order valence-corrected chi connectivity index (χ1v) is 29.4. The number of hydrogen-bond donors (Lipinski definition) is 9. The molecular formula is C62H83N11O12. The molecule has 10 N–H and O–H groups in total. The smallest absolute Gasteiger partial charge is 0.255 e. The van der Waals surface area contributed by atoms with Crippen molar-refractivity contribution in [3.8, 4) is 23.0 Å². The van der Waals surface area contributed by atoms with E-state index in [1.165, 1.54) is 28.4 Å². The second-order valence-electron chi connectivity index (χ2n) is 21.4. The van der Waals surface area contributed by atoms with E-state index in [1.807, 2.05) is 4.90 Å². The van der Waals surface area contributed by atoms with E-state index in [2.05, 4.69) is 47.4 Å². The van der Waals surface area contributed by atoms with Gasteiger partial charge in [-0.05, 0) is 105 Å². The summed E-state index contributed by atoms with van der Waals surface area (Å²) in [6, 6.07) is 18.8. The van der Waals surface area contributed by atoms with Crippen molar-refractivity contribution in [1.82, 2.24) is 52.3 Å². The first kappa shape index (κ1) is 64.3. The summed E-state index contributed by atoms with van der Waals surface area (Å²) in [6.07, 6.45) is 4.93. The number of nitrogens with one attached hydrogen (secondary N) is 8. The third kappa shape index (κ3) is 17.6. The Hall–Kier alpha value is -8.28. The summed E-state index contributed by atoms with van der Waals surface area (Å²) in [5, 5.41) is 24.4. The molecule has 4 heterocycles. The first-order valence-electron chi connectivity index (χ1n) is 29.4. The summed E-state index contributed by atoms with van der Waals surface area (Å²) in [6.45, 7) is 3.49. The minimum Gasteiger partial charge on any atom is -0.495 e. The van der Waals surface area contributed by atoms with Crippen LogP contribution in [0.3, 0.4) is 0 Å². The molecule has 0 spiro atoms. The number of carbonyl (C=O) groups is 8. The van der Waals surface area contributed by atoms with Crippen LogP contribution < -0.4 is 67.2 Å². The normalized spacial score (nSPS) is 21.6. The van der Waals surface area contributed by atoms with Gasteiger partial charge in [0.15, 0.2) is 0 Å². The summed E-state index contributed by atoms with van der Waals surface area (Å²) in [5.41, 5.74) is 7.34. The van der Waals surface area contributed by atoms with Gasteiger partial charge in [-0.3, -0.25) is 48.2 Å². The Labute approximate surface area is 496 Å². The summed E-state index contributed by atoms with van der Waals surface area (Å²) >= 11 is 0. The van der Waals surface area contributed by atoms with Gasteiger partial charge in [-0.15, -0.1) is 0 Å². The number of ether oxygens (including phenoxy) is 4. The molecule has 4 aromatic carbocycles. The predicted molar refractivity (Wildman–Crippen MR) is 320 cm³/mol. The maximum Gasteiger partial charge on any atom is 0.255 e. The minimum absolute atomic E-state index is 0.101. The van der Waals surface area contributed by atoms with Crippen molar-refractivity contribution in [2.24, 2.45) is 17.6 Å². The van der Waals surface area contributed by atoms with Crippen LogP contribution in [0.2, 0.25) is 0 Å². The molecule has 0 fully saturated rings. The van der Waals surface area contributed by atoms with Crippen molar-refractivity contribution in [1.29, 1.82) is 0 Å². The molecular weight excluding hydrogens is 1090 g/mol. The Balaban J connectivity index is 1.35. The molecule has 8 rings (SSSR count). The van der Waals surface area contributed by atoms with Gasteiger partial charge in [0.1, 0.15) is 23.0 Å². The average Bonchev–Trinajstić information content (AvgIpc) is 3.11. The van der Waals surface area contributed by atoms with Crippen LogP contribution in [0.15, 0.2) is 72.8 Å². The van der Waals surface area contributed by atoms with Gasteiger partial charge >= 0.3 is 0 Å². The lowest BCUT2D eigenvalue weighted by molar-refractivity contribution is 0.0897. The summed E-state index contributed by atoms with van der Waals surface area (Å²) in [5.74, 6) is -3.37. The lowest BCUT2D eigenvalue weighted by Gasteiger charge is -2.31. The fourth-order valence-electron chi connectivity index (χ4n) is 11.2. The molecule has 23 heteroatoms. The van der Waals surface area contributed by atoms with Gasteiger partial charge in [0.2, 0.25) is 0 Å². The number of nitrogens with zero attached hydrogens (tertiary/aromatic N) is 2. The zero-order valence-electron chi connectivity index (χ0n) is 49.3. The molecule has 12 bridgehead atoms. The van der Waals surface area contributed by atoms with Gasteiger partial charge in [-0.25, -0.2) is 0 Å². The maximum absolute atomic E-state index is 14.6. The molecule has 4 aromatic rings. The fourth-order valence-corrected chi connectivity index (χ4v) is 11.2. The van der Waals surface area contributed by atoms with Gasteiger partial charge in [0.25, 0.3) is 47.3 Å². The highest BCUT2D eigenvalue weighted by molar-refractivity contribution is 6.07. The number of carbonyl (C=O) groups excluding carboxylic acids is 8. The van der Waals surface area contributed by atoms with Gasteiger partial charge in [0.05, 0.1) is 72.9 Å². The molecule has 0 aliphatic carbocycles. The Kier molecular flexibility index (Phi) is 24.7. The highest BCUT2D eigenvalue weighted by Gasteiger charge is 2.28. The van der Waals surface area contributed by atoms with Gasteiger partial charge in [-0.2, -0.15) is 0 Å². The van der Waals surface area contributed by atoms with Crippen LogP contribution in [0, 0.1) is 11.8 Å². The monoisotopic (exact) mass is 1170 g/mol. The zero-order chi connectivity index (χ0) is 60.7. The number of nitrogens with two attached hydrogens (primary N) is 1. The number of para-hydroxylation sites is 4. The zero-order valence-corrected chi connectivity index (χ0v) is 49.3. The van der Waals surface area contributed by atoms with Crippen molar-refractivity contribution in [2.45, 2.75) is 63.8 Å². The molecule has 458 valence electrons. The molecule has 85 heavy (non-hydrogen) atoms. The van der Waals surface area contributed by atoms with Gasteiger partial charge in [0, 0.05) is 91.1 Å². The number of rotatable bonds is 8. The van der Waals surface area contributed by atoms with Crippen LogP contribution in [0.25, 0.3) is 0 Å². The van der Waals surface area contributed by atoms with E-state index >= 15 is 0 Å². The first-order chi connectivity index (χ1) is 41.3. The number of amides is 8. The molecule has 0 aromatic heterocycles. The van der Waals surface area contributed by atoms with Gasteiger partial charge in [-0.1, -0.05) is 43.5 Å². The number of benzene rings is 4. The van der Waals surface area contributed by atoms with Crippen molar-refractivity contribution in [3.05, 3.63) is 117 Å². The second kappa shape index (κ2) is 32.7. The van der Waals surface area contributed by atoms with Crippen LogP contribution in [0.1, 0.15) is 141 Å². The molecule has 23 nitrogen and oxygen atoms in total. The van der Waals surface area contributed by atoms with E-state index in [-0.39, 0.29) is 151 Å². The summed E-state index contributed by atoms with van der Waals surface area (Å²) in [4.78, 5) is 117. The molecule has 0 radical (unpaired) electrons. The lowest BCUT2D eigenvalue weighted by Crippen LogP contribution is -2.49. The number of hydrogen-bond acceptors (Lipinski definition) is 15. The molecule has 0 saturated heterocycles. The van der Waals surface area contributed by atoms with E-state index in [4.69, 9.17) is 24.7 Å². The molecule has 4 aliphatic heterocycles. The van der Waals surface area contributed by atoms with Crippen molar-refractivity contribution in [2.75, 3.05) is 120 Å². The number of unbranched alkanes of at least 4 members (excludes halogenated alkanes) is 1. The summed E-state index contributed by atoms with van der Waals surface area (Å²) in [7, 11) is 5.63. The third-order valence-corrected chi connectivity index (χ3v) is 15.9. The molecule has 4 aliphatic rings. The molecule has 8 amide bonds. The maximum atomic E-state index is 14.6. The topological polar surface area (TPSA) is 302 Å². The Morgan fingerprint density at radius 3 is 0.965 bits per heavy atom. The average molecular weight is 1170 g/mol. The standard InChI is InChI=1S/C62H83N11O12/c1-82-51-43-12-7-15-46(51)59(78)68-31-34-72-35-32-69-60(79)47-16-8-13-44(52(47)83-2)56(75)65-28-23-40(22-27-64-55(43)74)20-21-41-24-29-66-57(76)45-14-9-17-48(53(45)84-3)61(80)70-33-36-73(38-37-72)39-42(11-5-6-26-63)71-62(81)50-19-10-18-49(54(50)85-4)58(77)67-30-25-41/h7-10,12-19,40-42H,5-6,11,20-39,63H2,1-4H3,(H,64,74)(H,65,75)(H,66,76)(H,67,77)(H,68,78)(H,69,79)(H,70,80)(H,71,81). The van der Waals surface area contributed by atoms with Crippen LogP contribution in [-0.2, 0) is 0 Å².